The number of hydrogen-bond acceptors (Lipinski definition) is 2. The SMILES string of the molecule is CC(C)[CH2][Al]([CH2]C(C)C)[N]([Al]([CH2]C(C)C)[CH2]C(C)C)S(=O)(=O)C(F)(F)F. The molecule has 154 valence electrons. The summed E-state index contributed by atoms with van der Waals surface area (Å²) >= 11 is -4.56. The molecule has 0 aromatic rings. The molecular formula is C17H36Al2F3NO2S. The van der Waals surface area contributed by atoms with Crippen LogP contribution < -0.4 is 0 Å². The topological polar surface area (TPSA) is 37.4 Å². The molecule has 9 heteroatoms. The molecule has 0 aliphatic heterocycles. The molecule has 0 N–H and O–H groups in total. The lowest BCUT2D eigenvalue weighted by molar-refractivity contribution is -0.0459. The first-order chi connectivity index (χ1) is 11.6. The Morgan fingerprint density at radius 1 is 0.692 bits per heavy atom. The van der Waals surface area contributed by atoms with Gasteiger partial charge in [0, 0.05) is 0 Å². The number of halogens is 3. The summed E-state index contributed by atoms with van der Waals surface area (Å²) in [5.41, 5.74) is -5.20. The third-order valence-corrected chi connectivity index (χ3v) is 18.8. The second kappa shape index (κ2) is 11.1. The predicted molar refractivity (Wildman–Crippen MR) is 107 cm³/mol. The van der Waals surface area contributed by atoms with Crippen LogP contribution in [0.2, 0.25) is 21.1 Å². The highest BCUT2D eigenvalue weighted by Gasteiger charge is 2.55. The minimum absolute atomic E-state index is 0.198. The predicted octanol–water partition coefficient (Wildman–Crippen LogP) is 5.75. The first-order valence-electron chi connectivity index (χ1n) is 9.69. The van der Waals surface area contributed by atoms with Crippen molar-refractivity contribution >= 4 is 38.8 Å². The third-order valence-electron chi connectivity index (χ3n) is 4.26. The summed E-state index contributed by atoms with van der Waals surface area (Å²) in [6, 6.07) is 0. The number of nitrogens with zero attached hydrogens (tertiary/aromatic N) is 1. The zero-order chi connectivity index (χ0) is 20.9. The van der Waals surface area contributed by atoms with Gasteiger partial charge in [-0.1, -0.05) is 100 Å². The molecule has 0 heterocycles. The summed E-state index contributed by atoms with van der Waals surface area (Å²) in [7, 11) is -5.26. The van der Waals surface area contributed by atoms with E-state index in [-0.39, 0.29) is 23.7 Å². The van der Waals surface area contributed by atoms with Crippen LogP contribution in [-0.2, 0) is 10.0 Å². The lowest BCUT2D eigenvalue weighted by Gasteiger charge is -2.37. The Morgan fingerprint density at radius 2 is 0.923 bits per heavy atom. The highest BCUT2D eigenvalue weighted by atomic mass is 32.2. The van der Waals surface area contributed by atoms with Crippen LogP contribution in [0.4, 0.5) is 13.2 Å². The van der Waals surface area contributed by atoms with E-state index in [1.54, 1.807) is 0 Å². The summed E-state index contributed by atoms with van der Waals surface area (Å²) in [6.07, 6.45) is 0. The van der Waals surface area contributed by atoms with Crippen molar-refractivity contribution in [2.45, 2.75) is 82.0 Å². The molecule has 0 saturated carbocycles. The van der Waals surface area contributed by atoms with E-state index < -0.39 is 44.3 Å². The molecule has 0 unspecified atom stereocenters. The van der Waals surface area contributed by atoms with Gasteiger partial charge in [-0.25, -0.2) is 8.42 Å². The van der Waals surface area contributed by atoms with E-state index in [0.29, 0.717) is 21.1 Å². The maximum absolute atomic E-state index is 13.6. The minimum Gasteiger partial charge on any atom is -0.355 e. The van der Waals surface area contributed by atoms with Gasteiger partial charge >= 0.3 is 34.2 Å². The van der Waals surface area contributed by atoms with Crippen LogP contribution in [0, 0.1) is 23.7 Å². The van der Waals surface area contributed by atoms with Crippen molar-refractivity contribution in [1.82, 2.24) is 2.27 Å². The van der Waals surface area contributed by atoms with Gasteiger partial charge in [-0.3, -0.25) is 0 Å². The molecule has 0 aliphatic rings. The van der Waals surface area contributed by atoms with E-state index in [9.17, 15) is 21.6 Å². The van der Waals surface area contributed by atoms with Crippen molar-refractivity contribution in [2.24, 2.45) is 23.7 Å². The fourth-order valence-electron chi connectivity index (χ4n) is 3.59. The molecule has 0 atom stereocenters. The van der Waals surface area contributed by atoms with Crippen LogP contribution >= 0.6 is 0 Å². The minimum atomic E-state index is -5.26. The molecule has 26 heavy (non-hydrogen) atoms. The van der Waals surface area contributed by atoms with Gasteiger partial charge in [0.25, 0.3) is 10.0 Å². The van der Waals surface area contributed by atoms with Crippen LogP contribution in [-0.4, -0.2) is 44.9 Å². The first kappa shape index (κ1) is 26.8. The van der Waals surface area contributed by atoms with Gasteiger partial charge in [0.05, 0.1) is 0 Å². The lowest BCUT2D eigenvalue weighted by atomic mass is 10.3. The normalized spacial score (nSPS) is 13.5. The summed E-state index contributed by atoms with van der Waals surface area (Å²) in [5, 5.41) is 2.42. The van der Waals surface area contributed by atoms with Gasteiger partial charge in [0.2, 0.25) is 0 Å². The van der Waals surface area contributed by atoms with Gasteiger partial charge in [0.1, 0.15) is 0 Å². The summed E-state index contributed by atoms with van der Waals surface area (Å²) in [5.74, 6) is 0.793. The molecule has 0 fully saturated rings. The van der Waals surface area contributed by atoms with Crippen LogP contribution in [0.3, 0.4) is 0 Å². The highest BCUT2D eigenvalue weighted by molar-refractivity contribution is 7.92. The standard InChI is InChI=1S/4C4H9.CF3NO2S.2Al/c4*1-4(2)3;2-1(3,4)8(5,6)7;;/h4*4H,1H2,2-3H3;;;. The van der Waals surface area contributed by atoms with Crippen molar-refractivity contribution in [3.05, 3.63) is 0 Å². The first-order valence-corrected chi connectivity index (χ1v) is 15.4. The molecule has 3 nitrogen and oxygen atoms in total. The quantitative estimate of drug-likeness (QED) is 0.393. The Morgan fingerprint density at radius 3 is 1.08 bits per heavy atom. The maximum atomic E-state index is 13.6. The lowest BCUT2D eigenvalue weighted by Crippen LogP contribution is -2.57. The average Bonchev–Trinajstić information content (AvgIpc) is 2.33. The smallest absolute Gasteiger partial charge is 0.355 e. The van der Waals surface area contributed by atoms with Crippen molar-refractivity contribution in [3.8, 4) is 0 Å². The van der Waals surface area contributed by atoms with Crippen LogP contribution in [0.25, 0.3) is 0 Å². The molecule has 0 bridgehead atoms. The Balaban J connectivity index is 6.26. The van der Waals surface area contributed by atoms with Gasteiger partial charge in [-0.2, -0.15) is 13.2 Å². The zero-order valence-electron chi connectivity index (χ0n) is 17.6. The molecule has 0 saturated heterocycles. The highest BCUT2D eigenvalue weighted by Crippen LogP contribution is 2.34. The molecule has 0 aromatic heterocycles. The van der Waals surface area contributed by atoms with Crippen LogP contribution in [0.15, 0.2) is 0 Å². The molecule has 0 spiro atoms. The molecule has 0 rings (SSSR count). The Bertz CT molecular complexity index is 465. The number of rotatable bonds is 11. The number of hydrogen-bond donors (Lipinski definition) is 0. The second-order valence-corrected chi connectivity index (χ2v) is 17.9. The fraction of sp³-hybridized carbons (Fsp3) is 1.00. The van der Waals surface area contributed by atoms with Crippen molar-refractivity contribution in [1.29, 1.82) is 0 Å². The van der Waals surface area contributed by atoms with Crippen molar-refractivity contribution in [2.75, 3.05) is 0 Å². The van der Waals surface area contributed by atoms with Gasteiger partial charge in [0.15, 0.2) is 0 Å². The maximum Gasteiger partial charge on any atom is 0.508 e. The van der Waals surface area contributed by atoms with Crippen LogP contribution in [0.5, 0.6) is 0 Å². The average molecular weight is 430 g/mol. The van der Waals surface area contributed by atoms with Crippen molar-refractivity contribution < 1.29 is 21.6 Å². The van der Waals surface area contributed by atoms with Gasteiger partial charge < -0.3 is 2.27 Å². The molecular weight excluding hydrogens is 393 g/mol. The second-order valence-electron chi connectivity index (χ2n) is 9.11. The number of alkyl halides is 3. The van der Waals surface area contributed by atoms with E-state index >= 15 is 0 Å². The molecule has 0 amide bonds. The largest absolute Gasteiger partial charge is 0.508 e. The third kappa shape index (κ3) is 8.85. The van der Waals surface area contributed by atoms with Crippen molar-refractivity contribution in [3.63, 3.8) is 0 Å². The fourth-order valence-corrected chi connectivity index (χ4v) is 18.1. The summed E-state index contributed by atoms with van der Waals surface area (Å²) < 4.78 is 67.1. The Labute approximate surface area is 168 Å². The van der Waals surface area contributed by atoms with E-state index in [0.717, 1.165) is 2.27 Å². The Hall–Kier alpha value is 0.765. The zero-order valence-corrected chi connectivity index (χ0v) is 20.7. The van der Waals surface area contributed by atoms with Gasteiger partial charge in [-0.05, 0) is 0 Å². The van der Waals surface area contributed by atoms with E-state index in [1.807, 2.05) is 55.4 Å². The Kier molecular flexibility index (Phi) is 11.4. The number of sulfonamides is 1. The van der Waals surface area contributed by atoms with Gasteiger partial charge in [-0.15, -0.1) is 0 Å². The van der Waals surface area contributed by atoms with Crippen LogP contribution in [0.1, 0.15) is 55.4 Å². The molecule has 0 aromatic carbocycles. The molecule has 0 aliphatic carbocycles. The summed E-state index contributed by atoms with van der Waals surface area (Å²) in [6.45, 7) is 15.8. The molecule has 0 radical (unpaired) electrons. The van der Waals surface area contributed by atoms with E-state index in [4.69, 9.17) is 0 Å². The monoisotopic (exact) mass is 429 g/mol. The summed E-state index contributed by atoms with van der Waals surface area (Å²) in [4.78, 5) is 0. The van der Waals surface area contributed by atoms with E-state index in [2.05, 4.69) is 0 Å². The van der Waals surface area contributed by atoms with E-state index in [1.165, 1.54) is 0 Å².